The second-order valence-corrected chi connectivity index (χ2v) is 5.92. The SMILES string of the molecule is COc1cc(C2(C(C)N)CC2)c(OC)c2c1CCC2. The Morgan fingerprint density at radius 2 is 1.84 bits per heavy atom. The third-order valence-electron chi connectivity index (χ3n) is 4.93. The summed E-state index contributed by atoms with van der Waals surface area (Å²) in [5, 5.41) is 0. The summed E-state index contributed by atoms with van der Waals surface area (Å²) in [6.07, 6.45) is 5.70. The molecule has 0 aromatic heterocycles. The van der Waals surface area contributed by atoms with Gasteiger partial charge in [0.25, 0.3) is 0 Å². The van der Waals surface area contributed by atoms with Crippen molar-refractivity contribution in [2.45, 2.75) is 50.5 Å². The Hall–Kier alpha value is -1.22. The molecule has 0 aliphatic heterocycles. The molecule has 2 N–H and O–H groups in total. The van der Waals surface area contributed by atoms with E-state index in [1.807, 2.05) is 0 Å². The molecule has 3 nitrogen and oxygen atoms in total. The van der Waals surface area contributed by atoms with Crippen LogP contribution >= 0.6 is 0 Å². The number of ether oxygens (including phenoxy) is 2. The van der Waals surface area contributed by atoms with E-state index in [-0.39, 0.29) is 11.5 Å². The topological polar surface area (TPSA) is 44.5 Å². The van der Waals surface area contributed by atoms with Crippen molar-refractivity contribution in [3.63, 3.8) is 0 Å². The first-order valence-corrected chi connectivity index (χ1v) is 7.17. The molecule has 0 amide bonds. The average Bonchev–Trinajstić information content (AvgIpc) is 3.08. The summed E-state index contributed by atoms with van der Waals surface area (Å²) >= 11 is 0. The number of rotatable bonds is 4. The second-order valence-electron chi connectivity index (χ2n) is 5.92. The maximum atomic E-state index is 6.23. The summed E-state index contributed by atoms with van der Waals surface area (Å²) < 4.78 is 11.4. The molecular weight excluding hydrogens is 238 g/mol. The van der Waals surface area contributed by atoms with Gasteiger partial charge in [-0.2, -0.15) is 0 Å². The predicted octanol–water partition coefficient (Wildman–Crippen LogP) is 2.57. The number of hydrogen-bond acceptors (Lipinski definition) is 3. The summed E-state index contributed by atoms with van der Waals surface area (Å²) in [6.45, 7) is 2.10. The first kappa shape index (κ1) is 12.8. The summed E-state index contributed by atoms with van der Waals surface area (Å²) in [4.78, 5) is 0. The van der Waals surface area contributed by atoms with Crippen LogP contribution in [0.4, 0.5) is 0 Å². The molecule has 0 saturated heterocycles. The number of methoxy groups -OCH3 is 2. The van der Waals surface area contributed by atoms with Crippen LogP contribution in [0.15, 0.2) is 6.07 Å². The van der Waals surface area contributed by atoms with Crippen molar-refractivity contribution < 1.29 is 9.47 Å². The molecule has 1 aromatic rings. The van der Waals surface area contributed by atoms with Crippen LogP contribution in [-0.2, 0) is 18.3 Å². The molecule has 1 unspecified atom stereocenters. The van der Waals surface area contributed by atoms with Crippen LogP contribution in [-0.4, -0.2) is 20.3 Å². The van der Waals surface area contributed by atoms with Gasteiger partial charge in [-0.25, -0.2) is 0 Å². The Bertz CT molecular complexity index is 504. The van der Waals surface area contributed by atoms with Crippen LogP contribution in [0.3, 0.4) is 0 Å². The average molecular weight is 261 g/mol. The highest BCUT2D eigenvalue weighted by Crippen LogP contribution is 2.56. The molecule has 1 saturated carbocycles. The van der Waals surface area contributed by atoms with Gasteiger partial charge in [-0.05, 0) is 45.1 Å². The number of fused-ring (bicyclic) bond motifs is 1. The fourth-order valence-corrected chi connectivity index (χ4v) is 3.60. The van der Waals surface area contributed by atoms with Gasteiger partial charge in [0, 0.05) is 28.1 Å². The third-order valence-corrected chi connectivity index (χ3v) is 4.93. The lowest BCUT2D eigenvalue weighted by Crippen LogP contribution is -2.32. The zero-order chi connectivity index (χ0) is 13.6. The molecule has 1 fully saturated rings. The van der Waals surface area contributed by atoms with Crippen LogP contribution in [0, 0.1) is 0 Å². The molecule has 2 aliphatic rings. The van der Waals surface area contributed by atoms with E-state index in [1.165, 1.54) is 23.1 Å². The van der Waals surface area contributed by atoms with E-state index in [0.29, 0.717) is 0 Å². The highest BCUT2D eigenvalue weighted by atomic mass is 16.5. The van der Waals surface area contributed by atoms with Gasteiger partial charge in [0.2, 0.25) is 0 Å². The van der Waals surface area contributed by atoms with E-state index in [1.54, 1.807) is 14.2 Å². The number of benzene rings is 1. The number of nitrogens with two attached hydrogens (primary N) is 1. The summed E-state index contributed by atoms with van der Waals surface area (Å²) in [5.74, 6) is 2.10. The van der Waals surface area contributed by atoms with E-state index < -0.39 is 0 Å². The maximum Gasteiger partial charge on any atom is 0.126 e. The summed E-state index contributed by atoms with van der Waals surface area (Å²) in [7, 11) is 3.54. The van der Waals surface area contributed by atoms with Gasteiger partial charge in [-0.3, -0.25) is 0 Å². The number of hydrogen-bond donors (Lipinski definition) is 1. The minimum Gasteiger partial charge on any atom is -0.496 e. The lowest BCUT2D eigenvalue weighted by atomic mass is 9.86. The third kappa shape index (κ3) is 1.75. The Morgan fingerprint density at radius 1 is 1.16 bits per heavy atom. The Morgan fingerprint density at radius 3 is 2.37 bits per heavy atom. The smallest absolute Gasteiger partial charge is 0.126 e. The van der Waals surface area contributed by atoms with Gasteiger partial charge in [0.1, 0.15) is 11.5 Å². The molecule has 2 aliphatic carbocycles. The maximum absolute atomic E-state index is 6.23. The largest absolute Gasteiger partial charge is 0.496 e. The molecule has 0 heterocycles. The Balaban J connectivity index is 2.19. The zero-order valence-corrected chi connectivity index (χ0v) is 12.1. The quantitative estimate of drug-likeness (QED) is 0.906. The molecule has 0 bridgehead atoms. The lowest BCUT2D eigenvalue weighted by Gasteiger charge is -2.25. The summed E-state index contributed by atoms with van der Waals surface area (Å²) in [5.41, 5.74) is 10.3. The fourth-order valence-electron chi connectivity index (χ4n) is 3.60. The van der Waals surface area contributed by atoms with Gasteiger partial charge in [-0.15, -0.1) is 0 Å². The second kappa shape index (κ2) is 4.41. The summed E-state index contributed by atoms with van der Waals surface area (Å²) in [6, 6.07) is 2.34. The zero-order valence-electron chi connectivity index (χ0n) is 12.1. The lowest BCUT2D eigenvalue weighted by molar-refractivity contribution is 0.384. The Labute approximate surface area is 115 Å². The van der Waals surface area contributed by atoms with Crippen LogP contribution in [0.2, 0.25) is 0 Å². The first-order valence-electron chi connectivity index (χ1n) is 7.17. The first-order chi connectivity index (χ1) is 9.14. The van der Waals surface area contributed by atoms with Crippen molar-refractivity contribution >= 4 is 0 Å². The molecule has 104 valence electrons. The van der Waals surface area contributed by atoms with E-state index in [0.717, 1.165) is 37.2 Å². The molecule has 1 aromatic carbocycles. The van der Waals surface area contributed by atoms with Gasteiger partial charge in [-0.1, -0.05) is 0 Å². The van der Waals surface area contributed by atoms with Crippen molar-refractivity contribution in [1.82, 2.24) is 0 Å². The van der Waals surface area contributed by atoms with Crippen molar-refractivity contribution in [1.29, 1.82) is 0 Å². The van der Waals surface area contributed by atoms with Crippen molar-refractivity contribution in [2.24, 2.45) is 5.73 Å². The standard InChI is InChI=1S/C16H23NO2/c1-10(17)16(7-8-16)13-9-14(18-2)11-5-4-6-12(11)15(13)19-3/h9-10H,4-8,17H2,1-3H3. The minimum atomic E-state index is 0.107. The molecular formula is C16H23NO2. The van der Waals surface area contributed by atoms with Crippen molar-refractivity contribution in [3.05, 3.63) is 22.8 Å². The van der Waals surface area contributed by atoms with Crippen LogP contribution in [0.5, 0.6) is 11.5 Å². The van der Waals surface area contributed by atoms with Crippen molar-refractivity contribution in [3.8, 4) is 11.5 Å². The van der Waals surface area contributed by atoms with Gasteiger partial charge >= 0.3 is 0 Å². The molecule has 0 spiro atoms. The van der Waals surface area contributed by atoms with E-state index in [9.17, 15) is 0 Å². The van der Waals surface area contributed by atoms with E-state index in [4.69, 9.17) is 15.2 Å². The van der Waals surface area contributed by atoms with Crippen LogP contribution in [0.1, 0.15) is 42.9 Å². The van der Waals surface area contributed by atoms with Crippen LogP contribution in [0.25, 0.3) is 0 Å². The monoisotopic (exact) mass is 261 g/mol. The van der Waals surface area contributed by atoms with Gasteiger partial charge in [0.05, 0.1) is 14.2 Å². The molecule has 3 rings (SSSR count). The van der Waals surface area contributed by atoms with E-state index >= 15 is 0 Å². The van der Waals surface area contributed by atoms with Gasteiger partial charge < -0.3 is 15.2 Å². The molecule has 0 radical (unpaired) electrons. The fraction of sp³-hybridized carbons (Fsp3) is 0.625. The van der Waals surface area contributed by atoms with E-state index in [2.05, 4.69) is 13.0 Å². The van der Waals surface area contributed by atoms with Crippen molar-refractivity contribution in [2.75, 3.05) is 14.2 Å². The highest BCUT2D eigenvalue weighted by Gasteiger charge is 2.50. The normalized spacial score (nSPS) is 20.8. The molecule has 1 atom stereocenters. The molecule has 3 heteroatoms. The van der Waals surface area contributed by atoms with Crippen LogP contribution < -0.4 is 15.2 Å². The molecule has 19 heavy (non-hydrogen) atoms. The Kier molecular flexibility index (Phi) is 2.97. The minimum absolute atomic E-state index is 0.107. The highest BCUT2D eigenvalue weighted by molar-refractivity contribution is 5.59. The van der Waals surface area contributed by atoms with Gasteiger partial charge in [0.15, 0.2) is 0 Å². The predicted molar refractivity (Wildman–Crippen MR) is 76.1 cm³/mol.